The molecular weight excluding hydrogens is 384 g/mol. The monoisotopic (exact) mass is 402 g/mol. The third kappa shape index (κ3) is 3.16. The number of nitrogens with one attached hydrogen (secondary N) is 1. The SMILES string of the molecule is COc1cc2nc(Cc3cnc4c(C#N)cccc4c3OC)[nH]c(=O)c2cc1OC. The Labute approximate surface area is 171 Å². The third-order valence-corrected chi connectivity index (χ3v) is 4.86. The van der Waals surface area contributed by atoms with Crippen LogP contribution >= 0.6 is 0 Å². The minimum Gasteiger partial charge on any atom is -0.496 e. The number of hydrogen-bond donors (Lipinski definition) is 1. The van der Waals surface area contributed by atoms with E-state index < -0.39 is 0 Å². The number of rotatable bonds is 5. The standard InChI is InChI=1S/C22H18N4O4/c1-28-17-8-15-16(9-18(17)29-2)25-19(26-22(15)27)7-13-11-24-20-12(10-23)5-4-6-14(20)21(13)30-3/h4-6,8-9,11H,7H2,1-3H3,(H,25,26,27). The number of fused-ring (bicyclic) bond motifs is 2. The summed E-state index contributed by atoms with van der Waals surface area (Å²) in [6.07, 6.45) is 1.93. The van der Waals surface area contributed by atoms with Crippen LogP contribution in [0.5, 0.6) is 17.2 Å². The summed E-state index contributed by atoms with van der Waals surface area (Å²) >= 11 is 0. The molecule has 150 valence electrons. The number of nitriles is 1. The number of pyridine rings is 1. The van der Waals surface area contributed by atoms with Crippen molar-refractivity contribution >= 4 is 21.8 Å². The van der Waals surface area contributed by atoms with E-state index in [2.05, 4.69) is 21.0 Å². The van der Waals surface area contributed by atoms with Gasteiger partial charge in [0.2, 0.25) is 0 Å². The predicted octanol–water partition coefficient (Wildman–Crippen LogP) is 2.96. The average Bonchev–Trinajstić information content (AvgIpc) is 2.77. The van der Waals surface area contributed by atoms with E-state index >= 15 is 0 Å². The number of aromatic nitrogens is 3. The van der Waals surface area contributed by atoms with Crippen molar-refractivity contribution in [2.75, 3.05) is 21.3 Å². The molecule has 2 aromatic heterocycles. The van der Waals surface area contributed by atoms with Crippen molar-refractivity contribution in [2.24, 2.45) is 0 Å². The fraction of sp³-hybridized carbons (Fsp3) is 0.182. The average molecular weight is 402 g/mol. The van der Waals surface area contributed by atoms with E-state index in [1.807, 2.05) is 6.07 Å². The van der Waals surface area contributed by atoms with E-state index in [4.69, 9.17) is 14.2 Å². The summed E-state index contributed by atoms with van der Waals surface area (Å²) in [5, 5.41) is 10.4. The number of H-pyrrole nitrogens is 1. The first-order valence-electron chi connectivity index (χ1n) is 9.09. The first kappa shape index (κ1) is 19.2. The molecule has 0 amide bonds. The molecule has 2 aromatic carbocycles. The van der Waals surface area contributed by atoms with E-state index in [1.54, 1.807) is 37.6 Å². The summed E-state index contributed by atoms with van der Waals surface area (Å²) in [5.41, 5.74) is 1.98. The van der Waals surface area contributed by atoms with Gasteiger partial charge in [0.1, 0.15) is 17.6 Å². The Morgan fingerprint density at radius 3 is 2.53 bits per heavy atom. The number of methoxy groups -OCH3 is 3. The molecule has 4 aromatic rings. The molecule has 0 saturated heterocycles. The van der Waals surface area contributed by atoms with E-state index in [0.29, 0.717) is 51.5 Å². The van der Waals surface area contributed by atoms with Gasteiger partial charge in [0.05, 0.1) is 43.3 Å². The summed E-state index contributed by atoms with van der Waals surface area (Å²) in [6.45, 7) is 0. The van der Waals surface area contributed by atoms with E-state index in [1.165, 1.54) is 14.2 Å². The smallest absolute Gasteiger partial charge is 0.258 e. The number of hydrogen-bond acceptors (Lipinski definition) is 7. The Morgan fingerprint density at radius 2 is 1.83 bits per heavy atom. The van der Waals surface area contributed by atoms with Gasteiger partial charge in [-0.05, 0) is 18.2 Å². The van der Waals surface area contributed by atoms with Gasteiger partial charge in [-0.2, -0.15) is 5.26 Å². The van der Waals surface area contributed by atoms with Gasteiger partial charge in [-0.15, -0.1) is 0 Å². The Bertz CT molecular complexity index is 1370. The van der Waals surface area contributed by atoms with Crippen LogP contribution in [-0.2, 0) is 6.42 Å². The van der Waals surface area contributed by atoms with Gasteiger partial charge < -0.3 is 19.2 Å². The highest BCUT2D eigenvalue weighted by atomic mass is 16.5. The van der Waals surface area contributed by atoms with Crippen molar-refractivity contribution in [1.29, 1.82) is 5.26 Å². The second-order valence-corrected chi connectivity index (χ2v) is 6.54. The normalized spacial score (nSPS) is 10.7. The van der Waals surface area contributed by atoms with Crippen LogP contribution in [0, 0.1) is 11.3 Å². The highest BCUT2D eigenvalue weighted by Crippen LogP contribution is 2.32. The first-order valence-corrected chi connectivity index (χ1v) is 9.09. The predicted molar refractivity (Wildman–Crippen MR) is 111 cm³/mol. The van der Waals surface area contributed by atoms with Gasteiger partial charge in [-0.1, -0.05) is 6.07 Å². The van der Waals surface area contributed by atoms with Crippen LogP contribution < -0.4 is 19.8 Å². The lowest BCUT2D eigenvalue weighted by atomic mass is 10.1. The molecule has 2 heterocycles. The van der Waals surface area contributed by atoms with Crippen LogP contribution in [0.15, 0.2) is 41.3 Å². The number of ether oxygens (including phenoxy) is 3. The van der Waals surface area contributed by atoms with Gasteiger partial charge >= 0.3 is 0 Å². The molecule has 8 heteroatoms. The fourth-order valence-corrected chi connectivity index (χ4v) is 3.48. The molecule has 0 aliphatic rings. The molecule has 0 unspecified atom stereocenters. The molecule has 8 nitrogen and oxygen atoms in total. The van der Waals surface area contributed by atoms with Crippen LogP contribution in [0.25, 0.3) is 21.8 Å². The molecular formula is C22H18N4O4. The largest absolute Gasteiger partial charge is 0.496 e. The highest BCUT2D eigenvalue weighted by molar-refractivity contribution is 5.90. The lowest BCUT2D eigenvalue weighted by molar-refractivity contribution is 0.355. The van der Waals surface area contributed by atoms with Gasteiger partial charge in [-0.3, -0.25) is 9.78 Å². The minimum atomic E-state index is -0.282. The molecule has 0 aliphatic carbocycles. The molecule has 0 atom stereocenters. The van der Waals surface area contributed by atoms with Crippen molar-refractivity contribution in [2.45, 2.75) is 6.42 Å². The highest BCUT2D eigenvalue weighted by Gasteiger charge is 2.15. The van der Waals surface area contributed by atoms with Crippen LogP contribution in [0.2, 0.25) is 0 Å². The summed E-state index contributed by atoms with van der Waals surface area (Å²) in [7, 11) is 4.60. The van der Waals surface area contributed by atoms with Crippen molar-refractivity contribution < 1.29 is 14.2 Å². The molecule has 0 bridgehead atoms. The van der Waals surface area contributed by atoms with Crippen molar-refractivity contribution in [3.63, 3.8) is 0 Å². The summed E-state index contributed by atoms with van der Waals surface area (Å²) < 4.78 is 16.2. The van der Waals surface area contributed by atoms with Crippen LogP contribution in [-0.4, -0.2) is 36.3 Å². The number of benzene rings is 2. The molecule has 0 radical (unpaired) electrons. The van der Waals surface area contributed by atoms with Gasteiger partial charge in [0, 0.05) is 29.6 Å². The summed E-state index contributed by atoms with van der Waals surface area (Å²) in [5.74, 6) is 1.99. The van der Waals surface area contributed by atoms with Crippen molar-refractivity contribution in [3.05, 3.63) is 63.8 Å². The summed E-state index contributed by atoms with van der Waals surface area (Å²) in [4.78, 5) is 24.5. The van der Waals surface area contributed by atoms with Crippen molar-refractivity contribution in [3.8, 4) is 23.3 Å². The third-order valence-electron chi connectivity index (χ3n) is 4.86. The maximum Gasteiger partial charge on any atom is 0.258 e. The molecule has 0 aliphatic heterocycles. The Balaban J connectivity index is 1.84. The van der Waals surface area contributed by atoms with Gasteiger partial charge in [0.15, 0.2) is 11.5 Å². The maximum absolute atomic E-state index is 12.6. The Kier molecular flexibility index (Phi) is 4.94. The second-order valence-electron chi connectivity index (χ2n) is 6.54. The molecule has 0 saturated carbocycles. The number of nitrogens with zero attached hydrogens (tertiary/aromatic N) is 3. The lowest BCUT2D eigenvalue weighted by Gasteiger charge is -2.12. The quantitative estimate of drug-likeness (QED) is 0.546. The zero-order chi connectivity index (χ0) is 21.3. The number of aromatic amines is 1. The molecule has 30 heavy (non-hydrogen) atoms. The van der Waals surface area contributed by atoms with Crippen molar-refractivity contribution in [1.82, 2.24) is 15.0 Å². The van der Waals surface area contributed by atoms with Gasteiger partial charge in [0.25, 0.3) is 5.56 Å². The van der Waals surface area contributed by atoms with Gasteiger partial charge in [-0.25, -0.2) is 4.98 Å². The molecule has 4 rings (SSSR count). The molecule has 1 N–H and O–H groups in total. The summed E-state index contributed by atoms with van der Waals surface area (Å²) in [6, 6.07) is 10.7. The second kappa shape index (κ2) is 7.72. The van der Waals surface area contributed by atoms with Crippen LogP contribution in [0.1, 0.15) is 17.0 Å². The van der Waals surface area contributed by atoms with Crippen LogP contribution in [0.4, 0.5) is 0 Å². The minimum absolute atomic E-state index is 0.282. The lowest BCUT2D eigenvalue weighted by Crippen LogP contribution is -2.13. The molecule has 0 spiro atoms. The zero-order valence-electron chi connectivity index (χ0n) is 16.6. The zero-order valence-corrected chi connectivity index (χ0v) is 16.6. The Hall–Kier alpha value is -4.12. The molecule has 0 fully saturated rings. The van der Waals surface area contributed by atoms with Crippen LogP contribution in [0.3, 0.4) is 0 Å². The maximum atomic E-state index is 12.6. The number of para-hydroxylation sites is 1. The van der Waals surface area contributed by atoms with E-state index in [9.17, 15) is 10.1 Å². The first-order chi connectivity index (χ1) is 14.6. The topological polar surface area (TPSA) is 110 Å². The Morgan fingerprint density at radius 1 is 1.07 bits per heavy atom. The fourth-order valence-electron chi connectivity index (χ4n) is 3.48. The van der Waals surface area contributed by atoms with E-state index in [-0.39, 0.29) is 5.56 Å². The van der Waals surface area contributed by atoms with E-state index in [0.717, 1.165) is 10.9 Å².